The summed E-state index contributed by atoms with van der Waals surface area (Å²) in [6.45, 7) is 1.40. The van der Waals surface area contributed by atoms with Crippen LogP contribution in [0.2, 0.25) is 0 Å². The Morgan fingerprint density at radius 2 is 1.78 bits per heavy atom. The number of hydrogen-bond acceptors (Lipinski definition) is 4. The van der Waals surface area contributed by atoms with Gasteiger partial charge in [-0.1, -0.05) is 48.5 Å². The van der Waals surface area contributed by atoms with E-state index in [1.807, 2.05) is 34.9 Å². The summed E-state index contributed by atoms with van der Waals surface area (Å²) in [6.07, 6.45) is -3.53. The van der Waals surface area contributed by atoms with Crippen LogP contribution < -0.4 is 10.1 Å². The Morgan fingerprint density at radius 1 is 1.03 bits per heavy atom. The zero-order chi connectivity index (χ0) is 25.9. The van der Waals surface area contributed by atoms with Gasteiger partial charge in [0.25, 0.3) is 0 Å². The van der Waals surface area contributed by atoms with Crippen LogP contribution in [0.15, 0.2) is 79.0 Å². The minimum atomic E-state index is -4.45. The van der Waals surface area contributed by atoms with Gasteiger partial charge in [-0.3, -0.25) is 14.9 Å². The van der Waals surface area contributed by atoms with Crippen molar-refractivity contribution in [1.82, 2.24) is 9.88 Å². The van der Waals surface area contributed by atoms with Crippen LogP contribution in [0.3, 0.4) is 0 Å². The molecule has 1 aromatic heterocycles. The molecule has 186 valence electrons. The standard InChI is InChI=1S/C27H23F3N2O4/c1-17(33)36-22-10-11-24-23(14-22)20(13-25(34)35)16-32(24)26(19-7-3-2-4-8-19)31-15-18-6-5-9-21(12-18)27(28,29)30/h2-12,14,16,26,31H,13,15H2,1H3,(H,34,35). The minimum absolute atomic E-state index is 0.128. The molecule has 0 radical (unpaired) electrons. The van der Waals surface area contributed by atoms with E-state index in [4.69, 9.17) is 4.74 Å². The molecule has 6 nitrogen and oxygen atoms in total. The Kier molecular flexibility index (Phi) is 7.12. The minimum Gasteiger partial charge on any atom is -0.481 e. The van der Waals surface area contributed by atoms with Crippen molar-refractivity contribution in [2.75, 3.05) is 0 Å². The Morgan fingerprint density at radius 3 is 2.44 bits per heavy atom. The molecule has 0 saturated carbocycles. The zero-order valence-corrected chi connectivity index (χ0v) is 19.3. The number of carbonyl (C=O) groups excluding carboxylic acids is 1. The van der Waals surface area contributed by atoms with E-state index in [-0.39, 0.29) is 18.7 Å². The van der Waals surface area contributed by atoms with E-state index in [0.29, 0.717) is 22.0 Å². The fraction of sp³-hybridized carbons (Fsp3) is 0.185. The van der Waals surface area contributed by atoms with Crippen LogP contribution in [-0.2, 0) is 28.7 Å². The Bertz CT molecular complexity index is 1400. The summed E-state index contributed by atoms with van der Waals surface area (Å²) in [5.41, 5.74) is 1.73. The van der Waals surface area contributed by atoms with Gasteiger partial charge in [0.15, 0.2) is 0 Å². The number of nitrogens with zero attached hydrogens (tertiary/aromatic N) is 1. The van der Waals surface area contributed by atoms with Gasteiger partial charge < -0.3 is 14.4 Å². The number of aliphatic carboxylic acids is 1. The molecule has 0 aliphatic rings. The Balaban J connectivity index is 1.77. The number of rotatable bonds is 8. The molecular formula is C27H23F3N2O4. The molecule has 36 heavy (non-hydrogen) atoms. The SMILES string of the molecule is CC(=O)Oc1ccc2c(c1)c(CC(=O)O)cn2C(NCc1cccc(C(F)(F)F)c1)c1ccccc1. The molecule has 3 aromatic carbocycles. The predicted octanol–water partition coefficient (Wildman–Crippen LogP) is 5.55. The number of fused-ring (bicyclic) bond motifs is 1. The van der Waals surface area contributed by atoms with Gasteiger partial charge in [-0.25, -0.2) is 0 Å². The molecule has 4 rings (SSSR count). The second-order valence-electron chi connectivity index (χ2n) is 8.30. The molecule has 2 N–H and O–H groups in total. The number of carboxylic acids is 1. The first kappa shape index (κ1) is 25.0. The van der Waals surface area contributed by atoms with Crippen molar-refractivity contribution in [3.05, 3.63) is 101 Å². The first-order valence-electron chi connectivity index (χ1n) is 11.1. The molecule has 0 fully saturated rings. The highest BCUT2D eigenvalue weighted by Crippen LogP contribution is 2.32. The number of halogens is 3. The van der Waals surface area contributed by atoms with Crippen molar-refractivity contribution in [2.24, 2.45) is 0 Å². The van der Waals surface area contributed by atoms with Crippen molar-refractivity contribution in [1.29, 1.82) is 0 Å². The van der Waals surface area contributed by atoms with Crippen molar-refractivity contribution in [2.45, 2.75) is 32.2 Å². The second-order valence-corrected chi connectivity index (χ2v) is 8.30. The monoisotopic (exact) mass is 496 g/mol. The van der Waals surface area contributed by atoms with Gasteiger partial charge >= 0.3 is 18.1 Å². The van der Waals surface area contributed by atoms with Gasteiger partial charge in [-0.15, -0.1) is 0 Å². The van der Waals surface area contributed by atoms with Gasteiger partial charge in [0, 0.05) is 25.1 Å². The summed E-state index contributed by atoms with van der Waals surface area (Å²) < 4.78 is 46.6. The Hall–Kier alpha value is -4.11. The summed E-state index contributed by atoms with van der Waals surface area (Å²) in [7, 11) is 0. The molecule has 0 aliphatic heterocycles. The average molecular weight is 496 g/mol. The van der Waals surface area contributed by atoms with Gasteiger partial charge in [0.1, 0.15) is 11.9 Å². The van der Waals surface area contributed by atoms with E-state index in [1.165, 1.54) is 13.0 Å². The maximum Gasteiger partial charge on any atom is 0.416 e. The van der Waals surface area contributed by atoms with Crippen LogP contribution in [-0.4, -0.2) is 21.6 Å². The summed E-state index contributed by atoms with van der Waals surface area (Å²) in [4.78, 5) is 23.0. The number of benzene rings is 3. The highest BCUT2D eigenvalue weighted by Gasteiger charge is 2.30. The molecule has 4 aromatic rings. The lowest BCUT2D eigenvalue weighted by molar-refractivity contribution is -0.138. The number of hydrogen-bond donors (Lipinski definition) is 2. The number of alkyl halides is 3. The first-order valence-corrected chi connectivity index (χ1v) is 11.1. The molecule has 0 saturated heterocycles. The van der Waals surface area contributed by atoms with E-state index in [0.717, 1.165) is 17.7 Å². The fourth-order valence-electron chi connectivity index (χ4n) is 4.14. The maximum absolute atomic E-state index is 13.2. The van der Waals surface area contributed by atoms with Crippen LogP contribution in [0.1, 0.15) is 35.3 Å². The van der Waals surface area contributed by atoms with Crippen molar-refractivity contribution >= 4 is 22.8 Å². The van der Waals surface area contributed by atoms with Crippen molar-refractivity contribution in [3.8, 4) is 5.75 Å². The van der Waals surface area contributed by atoms with Crippen LogP contribution in [0.5, 0.6) is 5.75 Å². The zero-order valence-electron chi connectivity index (χ0n) is 19.3. The number of ether oxygens (including phenoxy) is 1. The summed E-state index contributed by atoms with van der Waals surface area (Å²) in [6, 6.07) is 19.3. The summed E-state index contributed by atoms with van der Waals surface area (Å²) in [5.74, 6) is -1.24. The van der Waals surface area contributed by atoms with Crippen molar-refractivity contribution < 1.29 is 32.6 Å². The van der Waals surface area contributed by atoms with Gasteiger partial charge in [0.2, 0.25) is 0 Å². The smallest absolute Gasteiger partial charge is 0.416 e. The van der Waals surface area contributed by atoms with Crippen LogP contribution >= 0.6 is 0 Å². The van der Waals surface area contributed by atoms with Crippen LogP contribution in [0, 0.1) is 0 Å². The molecule has 1 unspecified atom stereocenters. The van der Waals surface area contributed by atoms with Gasteiger partial charge in [-0.2, -0.15) is 13.2 Å². The lowest BCUT2D eigenvalue weighted by atomic mass is 10.1. The quantitative estimate of drug-likeness (QED) is 0.247. The number of carboxylic acid groups (broad SMARTS) is 1. The number of esters is 1. The van der Waals surface area contributed by atoms with Crippen LogP contribution in [0.4, 0.5) is 13.2 Å². The lowest BCUT2D eigenvalue weighted by Gasteiger charge is -2.23. The topological polar surface area (TPSA) is 80.6 Å². The second kappa shape index (κ2) is 10.2. The van der Waals surface area contributed by atoms with Gasteiger partial charge in [-0.05, 0) is 41.0 Å². The molecule has 9 heteroatoms. The predicted molar refractivity (Wildman–Crippen MR) is 127 cm³/mol. The highest BCUT2D eigenvalue weighted by molar-refractivity contribution is 5.89. The van der Waals surface area contributed by atoms with E-state index in [1.54, 1.807) is 30.5 Å². The molecule has 0 spiro atoms. The molecule has 0 bridgehead atoms. The third kappa shape index (κ3) is 5.75. The number of nitrogens with one attached hydrogen (secondary N) is 1. The van der Waals surface area contributed by atoms with Crippen LogP contribution in [0.25, 0.3) is 10.9 Å². The third-order valence-corrected chi connectivity index (χ3v) is 5.64. The van der Waals surface area contributed by atoms with Crippen molar-refractivity contribution in [3.63, 3.8) is 0 Å². The molecule has 0 amide bonds. The number of carbonyl (C=O) groups is 2. The summed E-state index contributed by atoms with van der Waals surface area (Å²) in [5, 5.41) is 13.4. The lowest BCUT2D eigenvalue weighted by Crippen LogP contribution is -2.27. The van der Waals surface area contributed by atoms with E-state index in [9.17, 15) is 27.9 Å². The molecular weight excluding hydrogens is 473 g/mol. The normalized spacial score (nSPS) is 12.4. The van der Waals surface area contributed by atoms with Gasteiger partial charge in [0.05, 0.1) is 17.5 Å². The summed E-state index contributed by atoms with van der Waals surface area (Å²) >= 11 is 0. The van der Waals surface area contributed by atoms with E-state index < -0.39 is 29.8 Å². The first-order chi connectivity index (χ1) is 17.1. The largest absolute Gasteiger partial charge is 0.481 e. The fourth-order valence-corrected chi connectivity index (χ4v) is 4.14. The maximum atomic E-state index is 13.2. The third-order valence-electron chi connectivity index (χ3n) is 5.64. The Labute approximate surface area is 204 Å². The number of aromatic nitrogens is 1. The molecule has 0 aliphatic carbocycles. The molecule has 1 heterocycles. The van der Waals surface area contributed by atoms with E-state index >= 15 is 0 Å². The van der Waals surface area contributed by atoms with E-state index in [2.05, 4.69) is 5.32 Å². The molecule has 1 atom stereocenters. The highest BCUT2D eigenvalue weighted by atomic mass is 19.4. The average Bonchev–Trinajstić information content (AvgIpc) is 3.16.